The lowest BCUT2D eigenvalue weighted by molar-refractivity contribution is -0.137. The molecule has 0 aliphatic carbocycles. The Morgan fingerprint density at radius 1 is 1.43 bits per heavy atom. The van der Waals surface area contributed by atoms with Gasteiger partial charge in [0, 0.05) is 30.6 Å². The molecule has 1 aromatic carbocycles. The van der Waals surface area contributed by atoms with Gasteiger partial charge in [0.1, 0.15) is 24.7 Å². The fourth-order valence-electron chi connectivity index (χ4n) is 2.45. The Kier molecular flexibility index (Phi) is 3.96. The normalized spacial score (nSPS) is 13.9. The molecule has 0 unspecified atom stereocenters. The maximum absolute atomic E-state index is 13.3. The molecule has 8 heteroatoms. The minimum Gasteiger partial charge on any atom is -0.491 e. The van der Waals surface area contributed by atoms with Crippen molar-refractivity contribution in [3.05, 3.63) is 52.3 Å². The molecule has 1 aliphatic rings. The van der Waals surface area contributed by atoms with Crippen molar-refractivity contribution in [2.24, 2.45) is 0 Å². The van der Waals surface area contributed by atoms with Crippen LogP contribution in [-0.4, -0.2) is 33.8 Å². The van der Waals surface area contributed by atoms with E-state index in [1.165, 1.54) is 24.5 Å². The Bertz CT molecular complexity index is 806. The van der Waals surface area contributed by atoms with E-state index in [2.05, 4.69) is 4.98 Å². The minimum absolute atomic E-state index is 0.148. The number of carboxylic acid groups (broad SMARTS) is 1. The molecule has 0 fully saturated rings. The van der Waals surface area contributed by atoms with Crippen LogP contribution in [0.1, 0.15) is 5.56 Å². The van der Waals surface area contributed by atoms with E-state index >= 15 is 0 Å². The third-order valence-corrected chi connectivity index (χ3v) is 3.51. The largest absolute Gasteiger partial charge is 0.491 e. The monoisotopic (exact) mass is 319 g/mol. The number of carboxylic acids is 1. The summed E-state index contributed by atoms with van der Waals surface area (Å²) >= 11 is 0. The standard InChI is InChI=1S/C15H14FN3O4/c16-11-2-1-10-8-18(5-6-23-12(10)7-11)14-15(22)19(4-3-17-14)9-13(20)21/h1-4,7H,5-6,8-9H2,(H,20,21). The van der Waals surface area contributed by atoms with Crippen LogP contribution in [0.2, 0.25) is 0 Å². The zero-order valence-electron chi connectivity index (χ0n) is 12.1. The van der Waals surface area contributed by atoms with Gasteiger partial charge < -0.3 is 14.7 Å². The number of hydrogen-bond donors (Lipinski definition) is 1. The molecule has 0 amide bonds. The summed E-state index contributed by atoms with van der Waals surface area (Å²) in [6.07, 6.45) is 2.72. The number of benzene rings is 1. The Balaban J connectivity index is 1.94. The van der Waals surface area contributed by atoms with Gasteiger partial charge in [0.15, 0.2) is 5.82 Å². The summed E-state index contributed by atoms with van der Waals surface area (Å²) in [6, 6.07) is 4.23. The van der Waals surface area contributed by atoms with E-state index in [0.717, 1.165) is 10.1 Å². The SMILES string of the molecule is O=C(O)Cn1ccnc(N2CCOc3cc(F)ccc3C2)c1=O. The minimum atomic E-state index is -1.11. The zero-order chi connectivity index (χ0) is 16.4. The Hall–Kier alpha value is -2.90. The van der Waals surface area contributed by atoms with Gasteiger partial charge in [-0.05, 0) is 6.07 Å². The number of halogens is 1. The number of ether oxygens (including phenoxy) is 1. The van der Waals surface area contributed by atoms with Crippen molar-refractivity contribution in [1.82, 2.24) is 9.55 Å². The molecule has 1 aliphatic heterocycles. The van der Waals surface area contributed by atoms with Gasteiger partial charge >= 0.3 is 5.97 Å². The Morgan fingerprint density at radius 3 is 3.04 bits per heavy atom. The number of rotatable bonds is 3. The van der Waals surface area contributed by atoms with Gasteiger partial charge in [-0.3, -0.25) is 14.2 Å². The molecule has 0 saturated carbocycles. The number of anilines is 1. The number of carbonyl (C=O) groups is 1. The van der Waals surface area contributed by atoms with Crippen molar-refractivity contribution in [2.75, 3.05) is 18.1 Å². The summed E-state index contributed by atoms with van der Waals surface area (Å²) in [7, 11) is 0. The third-order valence-electron chi connectivity index (χ3n) is 3.51. The molecule has 2 aromatic rings. The van der Waals surface area contributed by atoms with Crippen LogP contribution in [0.25, 0.3) is 0 Å². The summed E-state index contributed by atoms with van der Waals surface area (Å²) in [5.74, 6) is -0.910. The van der Waals surface area contributed by atoms with Gasteiger partial charge in [-0.1, -0.05) is 6.07 Å². The molecule has 23 heavy (non-hydrogen) atoms. The topological polar surface area (TPSA) is 84.7 Å². The lowest BCUT2D eigenvalue weighted by Gasteiger charge is -2.20. The quantitative estimate of drug-likeness (QED) is 0.903. The van der Waals surface area contributed by atoms with Crippen LogP contribution in [0.4, 0.5) is 10.2 Å². The molecule has 0 saturated heterocycles. The van der Waals surface area contributed by atoms with Crippen LogP contribution >= 0.6 is 0 Å². The maximum Gasteiger partial charge on any atom is 0.323 e. The van der Waals surface area contributed by atoms with Crippen LogP contribution in [0.15, 0.2) is 35.4 Å². The first-order chi connectivity index (χ1) is 11.0. The van der Waals surface area contributed by atoms with Crippen molar-refractivity contribution < 1.29 is 19.0 Å². The van der Waals surface area contributed by atoms with Crippen LogP contribution in [-0.2, 0) is 17.9 Å². The second-order valence-electron chi connectivity index (χ2n) is 5.10. The first kappa shape index (κ1) is 15.0. The van der Waals surface area contributed by atoms with Crippen molar-refractivity contribution >= 4 is 11.8 Å². The van der Waals surface area contributed by atoms with Crippen molar-refractivity contribution in [3.8, 4) is 5.75 Å². The van der Waals surface area contributed by atoms with E-state index in [9.17, 15) is 14.0 Å². The second-order valence-corrected chi connectivity index (χ2v) is 5.10. The summed E-state index contributed by atoms with van der Waals surface area (Å²) in [5, 5.41) is 8.84. The highest BCUT2D eigenvalue weighted by Crippen LogP contribution is 2.25. The van der Waals surface area contributed by atoms with Crippen molar-refractivity contribution in [1.29, 1.82) is 0 Å². The van der Waals surface area contributed by atoms with Gasteiger partial charge in [0.2, 0.25) is 0 Å². The van der Waals surface area contributed by atoms with E-state index in [1.54, 1.807) is 11.0 Å². The van der Waals surface area contributed by atoms with Gasteiger partial charge in [-0.2, -0.15) is 0 Å². The van der Waals surface area contributed by atoms with E-state index in [1.807, 2.05) is 0 Å². The number of aliphatic carboxylic acids is 1. The fraction of sp³-hybridized carbons (Fsp3) is 0.267. The highest BCUT2D eigenvalue weighted by molar-refractivity contribution is 5.66. The first-order valence-corrected chi connectivity index (χ1v) is 6.98. The molecular weight excluding hydrogens is 305 g/mol. The smallest absolute Gasteiger partial charge is 0.323 e. The highest BCUT2D eigenvalue weighted by Gasteiger charge is 2.20. The molecule has 0 bridgehead atoms. The molecule has 1 aromatic heterocycles. The fourth-order valence-corrected chi connectivity index (χ4v) is 2.45. The summed E-state index contributed by atoms with van der Waals surface area (Å²) in [5.41, 5.74) is 0.249. The molecule has 7 nitrogen and oxygen atoms in total. The summed E-state index contributed by atoms with van der Waals surface area (Å²) in [6.45, 7) is 0.552. The summed E-state index contributed by atoms with van der Waals surface area (Å²) < 4.78 is 19.9. The van der Waals surface area contributed by atoms with Gasteiger partial charge in [0.25, 0.3) is 5.56 Å². The highest BCUT2D eigenvalue weighted by atomic mass is 19.1. The molecular formula is C15H14FN3O4. The van der Waals surface area contributed by atoms with Crippen LogP contribution in [0.3, 0.4) is 0 Å². The Morgan fingerprint density at radius 2 is 2.26 bits per heavy atom. The van der Waals surface area contributed by atoms with E-state index in [-0.39, 0.29) is 18.2 Å². The van der Waals surface area contributed by atoms with Crippen molar-refractivity contribution in [2.45, 2.75) is 13.1 Å². The van der Waals surface area contributed by atoms with Crippen LogP contribution in [0.5, 0.6) is 5.75 Å². The maximum atomic E-state index is 13.3. The molecule has 3 rings (SSSR count). The molecule has 1 N–H and O–H groups in total. The molecule has 2 heterocycles. The number of hydrogen-bond acceptors (Lipinski definition) is 5. The first-order valence-electron chi connectivity index (χ1n) is 6.98. The second kappa shape index (κ2) is 6.07. The van der Waals surface area contributed by atoms with Gasteiger partial charge in [0.05, 0.1) is 6.54 Å². The molecule has 0 radical (unpaired) electrons. The lowest BCUT2D eigenvalue weighted by Crippen LogP contribution is -2.35. The average Bonchev–Trinajstić information content (AvgIpc) is 2.70. The molecule has 120 valence electrons. The third kappa shape index (κ3) is 3.15. The van der Waals surface area contributed by atoms with Crippen LogP contribution in [0, 0.1) is 5.82 Å². The van der Waals surface area contributed by atoms with E-state index in [0.29, 0.717) is 18.8 Å². The predicted molar refractivity (Wildman–Crippen MR) is 79.1 cm³/mol. The van der Waals surface area contributed by atoms with E-state index in [4.69, 9.17) is 9.84 Å². The predicted octanol–water partition coefficient (Wildman–Crippen LogP) is 0.866. The molecule has 0 spiro atoms. The number of fused-ring (bicyclic) bond motifs is 1. The van der Waals surface area contributed by atoms with Crippen LogP contribution < -0.4 is 15.2 Å². The Labute approximate surface area is 130 Å². The van der Waals surface area contributed by atoms with Gasteiger partial charge in [-0.25, -0.2) is 9.37 Å². The van der Waals surface area contributed by atoms with Crippen molar-refractivity contribution in [3.63, 3.8) is 0 Å². The summed E-state index contributed by atoms with van der Waals surface area (Å²) in [4.78, 5) is 29.0. The van der Waals surface area contributed by atoms with E-state index < -0.39 is 18.1 Å². The lowest BCUT2D eigenvalue weighted by atomic mass is 10.2. The van der Waals surface area contributed by atoms with Gasteiger partial charge in [-0.15, -0.1) is 0 Å². The number of aromatic nitrogens is 2. The molecule has 0 atom stereocenters. The zero-order valence-corrected chi connectivity index (χ0v) is 12.1. The number of nitrogens with zero attached hydrogens (tertiary/aromatic N) is 3. The average molecular weight is 319 g/mol.